The number of esters is 1. The van der Waals surface area contributed by atoms with Crippen molar-refractivity contribution in [2.45, 2.75) is 13.3 Å². The zero-order chi connectivity index (χ0) is 9.68. The lowest BCUT2D eigenvalue weighted by Gasteiger charge is -1.95. The number of hydrogen-bond donors (Lipinski definition) is 1. The highest BCUT2D eigenvalue weighted by Gasteiger charge is 2.10. The second-order valence-corrected chi connectivity index (χ2v) is 3.33. The van der Waals surface area contributed by atoms with Crippen molar-refractivity contribution in [1.29, 1.82) is 0 Å². The topological polar surface area (TPSA) is 65.2 Å². The smallest absolute Gasteiger partial charge is 0.357 e. The minimum Gasteiger partial charge on any atom is -0.461 e. The van der Waals surface area contributed by atoms with Crippen LogP contribution in [0.3, 0.4) is 0 Å². The first-order valence-corrected chi connectivity index (χ1v) is 4.97. The van der Waals surface area contributed by atoms with Crippen LogP contribution in [0, 0.1) is 0 Å². The lowest BCUT2D eigenvalue weighted by Crippen LogP contribution is -2.06. The molecule has 1 aromatic rings. The van der Waals surface area contributed by atoms with E-state index >= 15 is 0 Å². The third-order valence-electron chi connectivity index (χ3n) is 1.39. The van der Waals surface area contributed by atoms with E-state index in [1.165, 1.54) is 11.3 Å². The summed E-state index contributed by atoms with van der Waals surface area (Å²) >= 11 is 1.44. The minimum atomic E-state index is -0.359. The number of carbonyl (C=O) groups is 1. The molecule has 0 fully saturated rings. The van der Waals surface area contributed by atoms with Crippen molar-refractivity contribution in [2.75, 3.05) is 13.2 Å². The predicted octanol–water partition coefficient (Wildman–Crippen LogP) is 0.821. The fraction of sp³-hybridized carbons (Fsp3) is 0.500. The highest BCUT2D eigenvalue weighted by molar-refractivity contribution is 7.09. The Kier molecular flexibility index (Phi) is 3.85. The van der Waals surface area contributed by atoms with Crippen molar-refractivity contribution in [1.82, 2.24) is 4.98 Å². The average molecular weight is 200 g/mol. The van der Waals surface area contributed by atoms with Gasteiger partial charge in [-0.25, -0.2) is 9.78 Å². The van der Waals surface area contributed by atoms with Gasteiger partial charge < -0.3 is 10.5 Å². The number of ether oxygens (including phenoxy) is 1. The van der Waals surface area contributed by atoms with Gasteiger partial charge in [0, 0.05) is 11.8 Å². The highest BCUT2D eigenvalue weighted by Crippen LogP contribution is 2.10. The Bertz CT molecular complexity index is 285. The summed E-state index contributed by atoms with van der Waals surface area (Å²) < 4.78 is 4.79. The number of hydrogen-bond acceptors (Lipinski definition) is 5. The Hall–Kier alpha value is -0.940. The first-order valence-electron chi connectivity index (χ1n) is 4.09. The SMILES string of the molecule is CCOC(=O)c1csc(CCN)n1. The molecule has 13 heavy (non-hydrogen) atoms. The van der Waals surface area contributed by atoms with E-state index in [1.54, 1.807) is 12.3 Å². The van der Waals surface area contributed by atoms with Gasteiger partial charge in [-0.3, -0.25) is 0 Å². The van der Waals surface area contributed by atoms with Gasteiger partial charge in [0.15, 0.2) is 5.69 Å². The number of nitrogens with two attached hydrogens (primary N) is 1. The van der Waals surface area contributed by atoms with E-state index in [9.17, 15) is 4.79 Å². The summed E-state index contributed by atoms with van der Waals surface area (Å²) in [5, 5.41) is 2.58. The summed E-state index contributed by atoms with van der Waals surface area (Å²) in [6, 6.07) is 0. The molecule has 0 radical (unpaired) electrons. The number of nitrogens with zero attached hydrogens (tertiary/aromatic N) is 1. The first kappa shape index (κ1) is 10.1. The molecular formula is C8H12N2O2S. The maximum atomic E-state index is 11.2. The Morgan fingerprint density at radius 1 is 1.77 bits per heavy atom. The van der Waals surface area contributed by atoms with Crippen molar-refractivity contribution in [2.24, 2.45) is 5.73 Å². The van der Waals surface area contributed by atoms with Gasteiger partial charge in [0.1, 0.15) is 0 Å². The van der Waals surface area contributed by atoms with Crippen LogP contribution in [-0.2, 0) is 11.2 Å². The van der Waals surface area contributed by atoms with Crippen LogP contribution < -0.4 is 5.73 Å². The van der Waals surface area contributed by atoms with E-state index in [1.807, 2.05) is 0 Å². The van der Waals surface area contributed by atoms with Gasteiger partial charge in [0.2, 0.25) is 0 Å². The Morgan fingerprint density at radius 3 is 3.15 bits per heavy atom. The molecule has 0 unspecified atom stereocenters. The molecule has 1 aromatic heterocycles. The van der Waals surface area contributed by atoms with Gasteiger partial charge in [-0.2, -0.15) is 0 Å². The maximum absolute atomic E-state index is 11.2. The fourth-order valence-electron chi connectivity index (χ4n) is 0.848. The van der Waals surface area contributed by atoms with Crippen molar-refractivity contribution in [3.8, 4) is 0 Å². The summed E-state index contributed by atoms with van der Waals surface area (Å²) in [7, 11) is 0. The van der Waals surface area contributed by atoms with E-state index in [0.717, 1.165) is 5.01 Å². The van der Waals surface area contributed by atoms with Crippen LogP contribution in [0.2, 0.25) is 0 Å². The van der Waals surface area contributed by atoms with Gasteiger partial charge in [0.05, 0.1) is 11.6 Å². The van der Waals surface area contributed by atoms with E-state index in [2.05, 4.69) is 4.98 Å². The van der Waals surface area contributed by atoms with Gasteiger partial charge >= 0.3 is 5.97 Å². The molecule has 72 valence electrons. The molecule has 5 heteroatoms. The van der Waals surface area contributed by atoms with Crippen LogP contribution in [0.25, 0.3) is 0 Å². The Balaban J connectivity index is 2.62. The van der Waals surface area contributed by atoms with Crippen LogP contribution in [0.1, 0.15) is 22.4 Å². The fourth-order valence-corrected chi connectivity index (χ4v) is 1.63. The highest BCUT2D eigenvalue weighted by atomic mass is 32.1. The lowest BCUT2D eigenvalue weighted by molar-refractivity contribution is 0.0520. The summed E-state index contributed by atoms with van der Waals surface area (Å²) in [4.78, 5) is 15.2. The van der Waals surface area contributed by atoms with E-state index < -0.39 is 0 Å². The number of thiazole rings is 1. The van der Waals surface area contributed by atoms with E-state index in [0.29, 0.717) is 25.3 Å². The number of aromatic nitrogens is 1. The van der Waals surface area contributed by atoms with Gasteiger partial charge in [-0.05, 0) is 13.5 Å². The molecule has 0 spiro atoms. The molecule has 1 rings (SSSR count). The zero-order valence-electron chi connectivity index (χ0n) is 7.45. The molecule has 0 atom stereocenters. The van der Waals surface area contributed by atoms with E-state index in [-0.39, 0.29) is 5.97 Å². The van der Waals surface area contributed by atoms with E-state index in [4.69, 9.17) is 10.5 Å². The molecule has 0 aliphatic rings. The molecule has 0 bridgehead atoms. The molecule has 0 saturated heterocycles. The van der Waals surface area contributed by atoms with Crippen LogP contribution >= 0.6 is 11.3 Å². The quantitative estimate of drug-likeness (QED) is 0.731. The standard InChI is InChI=1S/C8H12N2O2S/c1-2-12-8(11)6-5-13-7(10-6)3-4-9/h5H,2-4,9H2,1H3. The second kappa shape index (κ2) is 4.94. The van der Waals surface area contributed by atoms with Crippen LogP contribution in [0.4, 0.5) is 0 Å². The molecule has 0 amide bonds. The molecule has 4 nitrogen and oxygen atoms in total. The van der Waals surface area contributed by atoms with Crippen molar-refractivity contribution in [3.63, 3.8) is 0 Å². The average Bonchev–Trinajstić information content (AvgIpc) is 2.54. The van der Waals surface area contributed by atoms with Gasteiger partial charge in [-0.1, -0.05) is 0 Å². The summed E-state index contributed by atoms with van der Waals surface area (Å²) in [6.45, 7) is 2.70. The number of rotatable bonds is 4. The molecule has 0 aliphatic heterocycles. The minimum absolute atomic E-state index is 0.359. The molecule has 0 aromatic carbocycles. The molecule has 0 saturated carbocycles. The third kappa shape index (κ3) is 2.78. The molecule has 2 N–H and O–H groups in total. The van der Waals surface area contributed by atoms with Crippen LogP contribution in [-0.4, -0.2) is 24.1 Å². The monoisotopic (exact) mass is 200 g/mol. The third-order valence-corrected chi connectivity index (χ3v) is 2.30. The summed E-state index contributed by atoms with van der Waals surface area (Å²) in [6.07, 6.45) is 0.712. The Labute approximate surface area is 80.7 Å². The van der Waals surface area contributed by atoms with Crippen molar-refractivity contribution >= 4 is 17.3 Å². The normalized spacial score (nSPS) is 10.0. The van der Waals surface area contributed by atoms with Gasteiger partial charge in [-0.15, -0.1) is 11.3 Å². The molecule has 1 heterocycles. The Morgan fingerprint density at radius 2 is 2.54 bits per heavy atom. The first-order chi connectivity index (χ1) is 6.27. The lowest BCUT2D eigenvalue weighted by atomic mass is 10.4. The summed E-state index contributed by atoms with van der Waals surface area (Å²) in [5.41, 5.74) is 5.74. The molecular weight excluding hydrogens is 188 g/mol. The zero-order valence-corrected chi connectivity index (χ0v) is 8.26. The second-order valence-electron chi connectivity index (χ2n) is 2.39. The number of carbonyl (C=O) groups excluding carboxylic acids is 1. The van der Waals surface area contributed by atoms with Crippen molar-refractivity contribution in [3.05, 3.63) is 16.1 Å². The summed E-state index contributed by atoms with van der Waals surface area (Å²) in [5.74, 6) is -0.359. The van der Waals surface area contributed by atoms with Gasteiger partial charge in [0.25, 0.3) is 0 Å². The predicted molar refractivity (Wildman–Crippen MR) is 50.8 cm³/mol. The van der Waals surface area contributed by atoms with Crippen LogP contribution in [0.15, 0.2) is 5.38 Å². The van der Waals surface area contributed by atoms with Crippen molar-refractivity contribution < 1.29 is 9.53 Å². The van der Waals surface area contributed by atoms with Crippen LogP contribution in [0.5, 0.6) is 0 Å². The largest absolute Gasteiger partial charge is 0.461 e. The maximum Gasteiger partial charge on any atom is 0.357 e. The molecule has 0 aliphatic carbocycles.